The molecule has 1 aromatic carbocycles. The average molecular weight is 284 g/mol. The van der Waals surface area contributed by atoms with Crippen LogP contribution in [0.5, 0.6) is 0 Å². The number of nitrogen functional groups attached to an aromatic ring is 1. The van der Waals surface area contributed by atoms with Crippen LogP contribution in [0.25, 0.3) is 0 Å². The maximum absolute atomic E-state index is 13.6. The Morgan fingerprint density at radius 1 is 1.30 bits per heavy atom. The Bertz CT molecular complexity index is 549. The van der Waals surface area contributed by atoms with Gasteiger partial charge in [-0.05, 0) is 25.3 Å². The molecular formula is C13H14F2N2O3. The molecule has 1 aliphatic rings. The molecular weight excluding hydrogens is 270 g/mol. The molecule has 0 saturated carbocycles. The lowest BCUT2D eigenvalue weighted by Crippen LogP contribution is -2.36. The topological polar surface area (TPSA) is 81.4 Å². The molecule has 1 atom stereocenters. The Hall–Kier alpha value is -2.18. The van der Waals surface area contributed by atoms with E-state index in [1.807, 2.05) is 0 Å². The first-order chi connectivity index (χ1) is 9.49. The number of ether oxygens (including phenoxy) is 1. The Morgan fingerprint density at radius 3 is 2.80 bits per heavy atom. The van der Waals surface area contributed by atoms with Crippen LogP contribution in [0.3, 0.4) is 0 Å². The highest BCUT2D eigenvalue weighted by Crippen LogP contribution is 2.19. The van der Waals surface area contributed by atoms with E-state index in [0.717, 1.165) is 6.42 Å². The van der Waals surface area contributed by atoms with E-state index >= 15 is 0 Å². The highest BCUT2D eigenvalue weighted by Gasteiger charge is 2.26. The number of anilines is 1. The van der Waals surface area contributed by atoms with Gasteiger partial charge < -0.3 is 15.8 Å². The van der Waals surface area contributed by atoms with Gasteiger partial charge in [0, 0.05) is 12.6 Å². The number of carbonyl (C=O) groups is 2. The monoisotopic (exact) mass is 284 g/mol. The van der Waals surface area contributed by atoms with E-state index in [0.29, 0.717) is 31.5 Å². The second kappa shape index (κ2) is 5.85. The summed E-state index contributed by atoms with van der Waals surface area (Å²) < 4.78 is 31.8. The van der Waals surface area contributed by atoms with Crippen molar-refractivity contribution in [3.8, 4) is 0 Å². The fraction of sp³-hybridized carbons (Fsp3) is 0.385. The molecule has 2 rings (SSSR count). The van der Waals surface area contributed by atoms with Crippen LogP contribution in [0.1, 0.15) is 29.6 Å². The molecule has 0 aliphatic carbocycles. The molecule has 1 amide bonds. The largest absolute Gasteiger partial charge is 0.449 e. The highest BCUT2D eigenvalue weighted by molar-refractivity contribution is 5.93. The standard InChI is InChI=1S/C13H14F2N2O3/c14-8-6-10(16)9(15)5-7(8)13(19)20-11-3-1-2-4-17-12(11)18/h5-6,11H,1-4,16H2,(H,17,18). The minimum atomic E-state index is -1.08. The van der Waals surface area contributed by atoms with Crippen LogP contribution in [0.2, 0.25) is 0 Å². The first-order valence-corrected chi connectivity index (χ1v) is 6.22. The number of benzene rings is 1. The van der Waals surface area contributed by atoms with Crippen molar-refractivity contribution < 1.29 is 23.1 Å². The Kier molecular flexibility index (Phi) is 4.16. The van der Waals surface area contributed by atoms with Crippen LogP contribution in [0.4, 0.5) is 14.5 Å². The van der Waals surface area contributed by atoms with E-state index in [1.165, 1.54) is 0 Å². The van der Waals surface area contributed by atoms with E-state index in [9.17, 15) is 18.4 Å². The Morgan fingerprint density at radius 2 is 2.05 bits per heavy atom. The number of carbonyl (C=O) groups excluding carboxylic acids is 2. The molecule has 1 saturated heterocycles. The highest BCUT2D eigenvalue weighted by atomic mass is 19.1. The Balaban J connectivity index is 2.15. The van der Waals surface area contributed by atoms with Crippen molar-refractivity contribution in [2.75, 3.05) is 12.3 Å². The molecule has 3 N–H and O–H groups in total. The average Bonchev–Trinajstić information content (AvgIpc) is 2.59. The van der Waals surface area contributed by atoms with E-state index in [1.54, 1.807) is 0 Å². The number of rotatable bonds is 2. The van der Waals surface area contributed by atoms with Gasteiger partial charge in [-0.25, -0.2) is 13.6 Å². The zero-order valence-corrected chi connectivity index (χ0v) is 10.6. The SMILES string of the molecule is Nc1cc(F)c(C(=O)OC2CCCCNC2=O)cc1F. The number of amides is 1. The van der Waals surface area contributed by atoms with Gasteiger partial charge >= 0.3 is 5.97 Å². The quantitative estimate of drug-likeness (QED) is 0.635. The first-order valence-electron chi connectivity index (χ1n) is 6.22. The Labute approximate surface area is 114 Å². The van der Waals surface area contributed by atoms with Crippen LogP contribution in [-0.2, 0) is 9.53 Å². The number of halogens is 2. The number of nitrogens with one attached hydrogen (secondary N) is 1. The molecule has 1 aliphatic heterocycles. The number of esters is 1. The maximum atomic E-state index is 13.6. The molecule has 1 aromatic rings. The predicted molar refractivity (Wildman–Crippen MR) is 66.8 cm³/mol. The molecule has 0 aromatic heterocycles. The number of hydrogen-bond donors (Lipinski definition) is 2. The summed E-state index contributed by atoms with van der Waals surface area (Å²) in [6.07, 6.45) is 0.862. The summed E-state index contributed by atoms with van der Waals surface area (Å²) >= 11 is 0. The van der Waals surface area contributed by atoms with Crippen molar-refractivity contribution in [3.63, 3.8) is 0 Å². The summed E-state index contributed by atoms with van der Waals surface area (Å²) in [5.41, 5.74) is 4.21. The zero-order valence-electron chi connectivity index (χ0n) is 10.6. The van der Waals surface area contributed by atoms with Crippen LogP contribution in [-0.4, -0.2) is 24.5 Å². The lowest BCUT2D eigenvalue weighted by Gasteiger charge is -2.14. The van der Waals surface area contributed by atoms with Gasteiger partial charge in [-0.15, -0.1) is 0 Å². The van der Waals surface area contributed by atoms with Crippen LogP contribution in [0, 0.1) is 11.6 Å². The molecule has 5 nitrogen and oxygen atoms in total. The van der Waals surface area contributed by atoms with Crippen LogP contribution < -0.4 is 11.1 Å². The van der Waals surface area contributed by atoms with Gasteiger partial charge in [0.1, 0.15) is 11.6 Å². The van der Waals surface area contributed by atoms with Gasteiger partial charge in [0.05, 0.1) is 11.3 Å². The van der Waals surface area contributed by atoms with Crippen molar-refractivity contribution in [2.24, 2.45) is 0 Å². The summed E-state index contributed by atoms with van der Waals surface area (Å²) in [4.78, 5) is 23.4. The first kappa shape index (κ1) is 14.2. The van der Waals surface area contributed by atoms with Gasteiger partial charge in [0.2, 0.25) is 0 Å². The molecule has 0 spiro atoms. The second-order valence-electron chi connectivity index (χ2n) is 4.53. The molecule has 0 bridgehead atoms. The number of hydrogen-bond acceptors (Lipinski definition) is 4. The normalized spacial score (nSPS) is 19.1. The van der Waals surface area contributed by atoms with E-state index in [4.69, 9.17) is 10.5 Å². The van der Waals surface area contributed by atoms with Gasteiger partial charge in [0.25, 0.3) is 5.91 Å². The third-order valence-electron chi connectivity index (χ3n) is 3.04. The van der Waals surface area contributed by atoms with Crippen molar-refractivity contribution in [3.05, 3.63) is 29.3 Å². The minimum absolute atomic E-state index is 0.358. The van der Waals surface area contributed by atoms with Gasteiger partial charge in [-0.2, -0.15) is 0 Å². The maximum Gasteiger partial charge on any atom is 0.342 e. The van der Waals surface area contributed by atoms with Crippen molar-refractivity contribution in [1.29, 1.82) is 0 Å². The fourth-order valence-electron chi connectivity index (χ4n) is 1.94. The van der Waals surface area contributed by atoms with Crippen LogP contribution >= 0.6 is 0 Å². The molecule has 1 heterocycles. The minimum Gasteiger partial charge on any atom is -0.449 e. The molecule has 1 unspecified atom stereocenters. The summed E-state index contributed by atoms with van der Waals surface area (Å²) in [6, 6.07) is 1.38. The zero-order chi connectivity index (χ0) is 14.7. The lowest BCUT2D eigenvalue weighted by atomic mass is 10.1. The smallest absolute Gasteiger partial charge is 0.342 e. The van der Waals surface area contributed by atoms with Gasteiger partial charge in [0.15, 0.2) is 6.10 Å². The molecule has 0 radical (unpaired) electrons. The van der Waals surface area contributed by atoms with Crippen molar-refractivity contribution in [1.82, 2.24) is 5.32 Å². The van der Waals surface area contributed by atoms with E-state index < -0.39 is 40.9 Å². The van der Waals surface area contributed by atoms with E-state index in [2.05, 4.69) is 5.32 Å². The third kappa shape index (κ3) is 3.04. The summed E-state index contributed by atoms with van der Waals surface area (Å²) in [5.74, 6) is -3.40. The van der Waals surface area contributed by atoms with Crippen LogP contribution in [0.15, 0.2) is 12.1 Å². The fourth-order valence-corrected chi connectivity index (χ4v) is 1.94. The second-order valence-corrected chi connectivity index (χ2v) is 4.53. The molecule has 1 fully saturated rings. The lowest BCUT2D eigenvalue weighted by molar-refractivity contribution is -0.129. The van der Waals surface area contributed by atoms with E-state index in [-0.39, 0.29) is 0 Å². The number of nitrogens with two attached hydrogens (primary N) is 1. The van der Waals surface area contributed by atoms with Crippen molar-refractivity contribution in [2.45, 2.75) is 25.4 Å². The summed E-state index contributed by atoms with van der Waals surface area (Å²) in [5, 5.41) is 2.58. The van der Waals surface area contributed by atoms with Gasteiger partial charge in [-0.1, -0.05) is 0 Å². The third-order valence-corrected chi connectivity index (χ3v) is 3.04. The van der Waals surface area contributed by atoms with Gasteiger partial charge in [-0.3, -0.25) is 4.79 Å². The van der Waals surface area contributed by atoms with Crippen molar-refractivity contribution >= 4 is 17.6 Å². The summed E-state index contributed by atoms with van der Waals surface area (Å²) in [7, 11) is 0. The molecule has 20 heavy (non-hydrogen) atoms. The molecule has 108 valence electrons. The summed E-state index contributed by atoms with van der Waals surface area (Å²) in [6.45, 7) is 0.512. The predicted octanol–water partition coefficient (Wildman–Crippen LogP) is 1.37. The molecule has 7 heteroatoms.